The molecule has 0 atom stereocenters. The van der Waals surface area contributed by atoms with Crippen LogP contribution in [-0.4, -0.2) is 15.0 Å². The molecule has 0 aromatic heterocycles. The molecule has 2 aromatic carbocycles. The van der Waals surface area contributed by atoms with E-state index in [9.17, 15) is 8.42 Å². The first-order chi connectivity index (χ1) is 10.3. The second kappa shape index (κ2) is 7.20. The standard InChI is InChI=1S/C15H14Cl3NO2S/c1-10-2-4-12(9-14(10)17)22(20,21)19-7-6-11-3-5-13(16)15(18)8-11/h2-5,8-9,19H,6-7H2,1H3. The van der Waals surface area contributed by atoms with Crippen LogP contribution in [-0.2, 0) is 16.4 Å². The lowest BCUT2D eigenvalue weighted by Gasteiger charge is -2.08. The van der Waals surface area contributed by atoms with Gasteiger partial charge in [-0.25, -0.2) is 13.1 Å². The third-order valence-corrected chi connectivity index (χ3v) is 5.75. The summed E-state index contributed by atoms with van der Waals surface area (Å²) >= 11 is 17.7. The van der Waals surface area contributed by atoms with Crippen LogP contribution in [0.3, 0.4) is 0 Å². The van der Waals surface area contributed by atoms with Crippen LogP contribution in [0.1, 0.15) is 11.1 Å². The molecule has 0 unspecified atom stereocenters. The van der Waals surface area contributed by atoms with Crippen molar-refractivity contribution >= 4 is 44.8 Å². The van der Waals surface area contributed by atoms with Crippen LogP contribution in [0.25, 0.3) is 0 Å². The maximum atomic E-state index is 12.2. The maximum absolute atomic E-state index is 12.2. The molecular weight excluding hydrogens is 365 g/mol. The molecule has 0 aliphatic heterocycles. The lowest BCUT2D eigenvalue weighted by molar-refractivity contribution is 0.581. The summed E-state index contributed by atoms with van der Waals surface area (Å²) in [7, 11) is -3.58. The van der Waals surface area contributed by atoms with Crippen molar-refractivity contribution in [2.45, 2.75) is 18.2 Å². The molecule has 3 nitrogen and oxygen atoms in total. The number of rotatable bonds is 5. The SMILES string of the molecule is Cc1ccc(S(=O)(=O)NCCc2ccc(Cl)c(Cl)c2)cc1Cl. The smallest absolute Gasteiger partial charge is 0.211 e. The van der Waals surface area contributed by atoms with Crippen molar-refractivity contribution in [1.82, 2.24) is 4.72 Å². The number of benzene rings is 2. The molecular formula is C15H14Cl3NO2S. The second-order valence-corrected chi connectivity index (χ2v) is 7.80. The van der Waals surface area contributed by atoms with Gasteiger partial charge in [-0.15, -0.1) is 0 Å². The predicted molar refractivity (Wildman–Crippen MR) is 91.5 cm³/mol. The number of hydrogen-bond acceptors (Lipinski definition) is 2. The van der Waals surface area contributed by atoms with E-state index in [1.165, 1.54) is 12.1 Å². The minimum absolute atomic E-state index is 0.150. The van der Waals surface area contributed by atoms with E-state index >= 15 is 0 Å². The molecule has 0 amide bonds. The van der Waals surface area contributed by atoms with Gasteiger partial charge in [0.15, 0.2) is 0 Å². The fourth-order valence-corrected chi connectivity index (χ4v) is 3.47. The molecule has 0 spiro atoms. The van der Waals surface area contributed by atoms with Gasteiger partial charge in [-0.1, -0.05) is 46.9 Å². The quantitative estimate of drug-likeness (QED) is 0.834. The summed E-state index contributed by atoms with van der Waals surface area (Å²) in [5.74, 6) is 0. The third kappa shape index (κ3) is 4.37. The Labute approximate surface area is 145 Å². The van der Waals surface area contributed by atoms with E-state index in [1.807, 2.05) is 13.0 Å². The van der Waals surface area contributed by atoms with Crippen LogP contribution in [0.2, 0.25) is 15.1 Å². The van der Waals surface area contributed by atoms with Crippen LogP contribution < -0.4 is 4.72 Å². The maximum Gasteiger partial charge on any atom is 0.240 e. The van der Waals surface area contributed by atoms with Crippen molar-refractivity contribution in [3.63, 3.8) is 0 Å². The van der Waals surface area contributed by atoms with Crippen molar-refractivity contribution < 1.29 is 8.42 Å². The minimum atomic E-state index is -3.58. The first-order valence-corrected chi connectivity index (χ1v) is 9.11. The van der Waals surface area contributed by atoms with Gasteiger partial charge in [-0.2, -0.15) is 0 Å². The number of nitrogens with one attached hydrogen (secondary N) is 1. The Morgan fingerprint density at radius 3 is 2.32 bits per heavy atom. The normalized spacial score (nSPS) is 11.6. The highest BCUT2D eigenvalue weighted by Gasteiger charge is 2.14. The predicted octanol–water partition coefficient (Wildman–Crippen LogP) is 4.48. The third-order valence-electron chi connectivity index (χ3n) is 3.14. The Morgan fingerprint density at radius 2 is 1.68 bits per heavy atom. The van der Waals surface area contributed by atoms with E-state index in [2.05, 4.69) is 4.72 Å². The minimum Gasteiger partial charge on any atom is -0.211 e. The van der Waals surface area contributed by atoms with Gasteiger partial charge in [-0.05, 0) is 48.7 Å². The number of aryl methyl sites for hydroxylation is 1. The Morgan fingerprint density at radius 1 is 0.955 bits per heavy atom. The van der Waals surface area contributed by atoms with Crippen molar-refractivity contribution in [3.05, 3.63) is 62.6 Å². The van der Waals surface area contributed by atoms with Crippen molar-refractivity contribution in [1.29, 1.82) is 0 Å². The van der Waals surface area contributed by atoms with Crippen LogP contribution >= 0.6 is 34.8 Å². The number of sulfonamides is 1. The van der Waals surface area contributed by atoms with E-state index < -0.39 is 10.0 Å². The number of hydrogen-bond donors (Lipinski definition) is 1. The Bertz CT molecular complexity index is 791. The average Bonchev–Trinajstić information content (AvgIpc) is 2.45. The fraction of sp³-hybridized carbons (Fsp3) is 0.200. The molecule has 0 saturated heterocycles. The summed E-state index contributed by atoms with van der Waals surface area (Å²) in [6.45, 7) is 2.07. The van der Waals surface area contributed by atoms with Gasteiger partial charge in [0, 0.05) is 11.6 Å². The summed E-state index contributed by atoms with van der Waals surface area (Å²) < 4.78 is 26.9. The van der Waals surface area contributed by atoms with Gasteiger partial charge >= 0.3 is 0 Å². The van der Waals surface area contributed by atoms with Crippen LogP contribution in [0, 0.1) is 6.92 Å². The van der Waals surface area contributed by atoms with Gasteiger partial charge in [0.25, 0.3) is 0 Å². The summed E-state index contributed by atoms with van der Waals surface area (Å²) in [6, 6.07) is 9.87. The lowest BCUT2D eigenvalue weighted by Crippen LogP contribution is -2.26. The van der Waals surface area contributed by atoms with Crippen molar-refractivity contribution in [2.75, 3.05) is 6.54 Å². The molecule has 0 aliphatic carbocycles. The highest BCUT2D eigenvalue weighted by atomic mass is 35.5. The summed E-state index contributed by atoms with van der Waals surface area (Å²) in [6.07, 6.45) is 0.510. The molecule has 0 radical (unpaired) electrons. The molecule has 0 saturated carbocycles. The molecule has 2 aromatic rings. The molecule has 7 heteroatoms. The molecule has 0 heterocycles. The largest absolute Gasteiger partial charge is 0.240 e. The molecule has 118 valence electrons. The first-order valence-electron chi connectivity index (χ1n) is 6.49. The van der Waals surface area contributed by atoms with Crippen LogP contribution in [0.5, 0.6) is 0 Å². The van der Waals surface area contributed by atoms with Gasteiger partial charge in [-0.3, -0.25) is 0 Å². The van der Waals surface area contributed by atoms with E-state index in [1.54, 1.807) is 18.2 Å². The monoisotopic (exact) mass is 377 g/mol. The van der Waals surface area contributed by atoms with Crippen LogP contribution in [0.15, 0.2) is 41.3 Å². The molecule has 0 fully saturated rings. The zero-order chi connectivity index (χ0) is 16.3. The van der Waals surface area contributed by atoms with Crippen molar-refractivity contribution in [3.8, 4) is 0 Å². The van der Waals surface area contributed by atoms with Gasteiger partial charge in [0.05, 0.1) is 14.9 Å². The van der Waals surface area contributed by atoms with Gasteiger partial charge < -0.3 is 0 Å². The topological polar surface area (TPSA) is 46.2 Å². The van der Waals surface area contributed by atoms with E-state index in [0.717, 1.165) is 11.1 Å². The van der Waals surface area contributed by atoms with Crippen molar-refractivity contribution in [2.24, 2.45) is 0 Å². The van der Waals surface area contributed by atoms with E-state index in [4.69, 9.17) is 34.8 Å². The molecule has 2 rings (SSSR count). The summed E-state index contributed by atoms with van der Waals surface area (Å²) in [5, 5.41) is 1.35. The summed E-state index contributed by atoms with van der Waals surface area (Å²) in [5.41, 5.74) is 1.73. The van der Waals surface area contributed by atoms with Gasteiger partial charge in [0.1, 0.15) is 0 Å². The molecule has 0 aliphatic rings. The average molecular weight is 379 g/mol. The van der Waals surface area contributed by atoms with E-state index in [-0.39, 0.29) is 11.4 Å². The molecule has 1 N–H and O–H groups in total. The Hall–Kier alpha value is -0.780. The summed E-state index contributed by atoms with van der Waals surface area (Å²) in [4.78, 5) is 0.150. The molecule has 0 bridgehead atoms. The van der Waals surface area contributed by atoms with Crippen LogP contribution in [0.4, 0.5) is 0 Å². The fourth-order valence-electron chi connectivity index (χ4n) is 1.85. The zero-order valence-electron chi connectivity index (χ0n) is 11.7. The second-order valence-electron chi connectivity index (χ2n) is 4.81. The Kier molecular flexibility index (Phi) is 5.75. The highest BCUT2D eigenvalue weighted by Crippen LogP contribution is 2.23. The Balaban J connectivity index is 2.03. The zero-order valence-corrected chi connectivity index (χ0v) is 14.8. The first kappa shape index (κ1) is 17.6. The highest BCUT2D eigenvalue weighted by molar-refractivity contribution is 7.89. The molecule has 22 heavy (non-hydrogen) atoms. The number of halogens is 3. The van der Waals surface area contributed by atoms with E-state index in [0.29, 0.717) is 21.5 Å². The van der Waals surface area contributed by atoms with Gasteiger partial charge in [0.2, 0.25) is 10.0 Å². The lowest BCUT2D eigenvalue weighted by atomic mass is 10.1.